The first-order chi connectivity index (χ1) is 18.4. The summed E-state index contributed by atoms with van der Waals surface area (Å²) in [6.45, 7) is 6.23. The zero-order chi connectivity index (χ0) is 27.1. The van der Waals surface area contributed by atoms with Gasteiger partial charge in [0.1, 0.15) is 18.1 Å². The number of benzene rings is 2. The number of ether oxygens (including phenoxy) is 3. The molecule has 2 aliphatic rings. The van der Waals surface area contributed by atoms with Crippen molar-refractivity contribution in [2.24, 2.45) is 4.99 Å². The maximum Gasteiger partial charge on any atom is 0.338 e. The van der Waals surface area contributed by atoms with Gasteiger partial charge in [-0.3, -0.25) is 4.79 Å². The highest BCUT2D eigenvalue weighted by molar-refractivity contribution is 8.16. The zero-order valence-corrected chi connectivity index (χ0v) is 22.9. The Balaban J connectivity index is 1.70. The summed E-state index contributed by atoms with van der Waals surface area (Å²) in [5.41, 5.74) is 2.57. The number of rotatable bonds is 11. The summed E-state index contributed by atoms with van der Waals surface area (Å²) in [5, 5.41) is 5.67. The Morgan fingerprint density at radius 3 is 2.61 bits per heavy atom. The van der Waals surface area contributed by atoms with Gasteiger partial charge in [-0.1, -0.05) is 49.0 Å². The molecule has 2 aliphatic heterocycles. The average Bonchev–Trinajstić information content (AvgIpc) is 3.30. The summed E-state index contributed by atoms with van der Waals surface area (Å²) in [6, 6.07) is 16.7. The Morgan fingerprint density at radius 2 is 1.87 bits per heavy atom. The van der Waals surface area contributed by atoms with Crippen LogP contribution in [-0.4, -0.2) is 48.3 Å². The van der Waals surface area contributed by atoms with Gasteiger partial charge in [-0.2, -0.15) is 0 Å². The molecule has 9 heteroatoms. The van der Waals surface area contributed by atoms with Gasteiger partial charge in [0, 0.05) is 18.8 Å². The summed E-state index contributed by atoms with van der Waals surface area (Å²) in [5.74, 6) is 0.791. The first-order valence-corrected chi connectivity index (χ1v) is 13.5. The molecule has 38 heavy (non-hydrogen) atoms. The number of amides is 1. The van der Waals surface area contributed by atoms with Crippen LogP contribution in [0.15, 0.2) is 82.0 Å². The second-order valence-corrected chi connectivity index (χ2v) is 9.90. The number of amidine groups is 1. The molecule has 1 amide bonds. The number of allylic oxidation sites excluding steroid dienone is 1. The number of aliphatic imine (C=N–C) groups is 1. The molecule has 0 aliphatic carbocycles. The Morgan fingerprint density at radius 1 is 1.11 bits per heavy atom. The lowest BCUT2D eigenvalue weighted by atomic mass is 9.93. The number of nitrogens with zero attached hydrogens (tertiary/aromatic N) is 2. The molecule has 2 aromatic carbocycles. The molecule has 2 aromatic rings. The highest BCUT2D eigenvalue weighted by Crippen LogP contribution is 2.45. The first kappa shape index (κ1) is 27.5. The van der Waals surface area contributed by atoms with E-state index in [1.807, 2.05) is 85.7 Å². The van der Waals surface area contributed by atoms with Crippen LogP contribution in [0.25, 0.3) is 0 Å². The van der Waals surface area contributed by atoms with Crippen LogP contribution in [0.2, 0.25) is 0 Å². The summed E-state index contributed by atoms with van der Waals surface area (Å²) >= 11 is 1.44. The van der Waals surface area contributed by atoms with E-state index in [2.05, 4.69) is 5.32 Å². The van der Waals surface area contributed by atoms with E-state index in [0.717, 1.165) is 17.7 Å². The minimum Gasteiger partial charge on any atom is -0.460 e. The molecule has 200 valence electrons. The number of nitrogens with one attached hydrogen (secondary N) is 1. The smallest absolute Gasteiger partial charge is 0.338 e. The molecule has 0 fully saturated rings. The Kier molecular flexibility index (Phi) is 9.25. The molecule has 0 bridgehead atoms. The maximum absolute atomic E-state index is 13.4. The SMILES string of the molecule is CCC(C)NC(=O)CC1=CSC2=NC(C)=C(C(=O)OCCOC)C(c3cccc(Oc4ccccc4)c3)N12. The van der Waals surface area contributed by atoms with Crippen molar-refractivity contribution in [2.75, 3.05) is 20.3 Å². The van der Waals surface area contributed by atoms with Crippen LogP contribution in [0.1, 0.15) is 45.2 Å². The van der Waals surface area contributed by atoms with Crippen molar-refractivity contribution in [3.63, 3.8) is 0 Å². The van der Waals surface area contributed by atoms with Crippen LogP contribution in [0, 0.1) is 0 Å². The van der Waals surface area contributed by atoms with Crippen molar-refractivity contribution in [2.45, 2.75) is 45.7 Å². The molecule has 0 saturated carbocycles. The third kappa shape index (κ3) is 6.46. The topological polar surface area (TPSA) is 89.5 Å². The van der Waals surface area contributed by atoms with E-state index in [-0.39, 0.29) is 31.6 Å². The number of thioether (sulfide) groups is 1. The largest absolute Gasteiger partial charge is 0.460 e. The lowest BCUT2D eigenvalue weighted by Gasteiger charge is -2.36. The normalized spacial score (nSPS) is 17.4. The average molecular weight is 536 g/mol. The van der Waals surface area contributed by atoms with Crippen molar-refractivity contribution in [1.29, 1.82) is 0 Å². The number of hydrogen-bond acceptors (Lipinski definition) is 8. The molecule has 0 spiro atoms. The number of para-hydroxylation sites is 1. The number of carbonyl (C=O) groups is 2. The number of hydrogen-bond donors (Lipinski definition) is 1. The quantitative estimate of drug-likeness (QED) is 0.298. The summed E-state index contributed by atoms with van der Waals surface area (Å²) in [4.78, 5) is 32.9. The fourth-order valence-electron chi connectivity index (χ4n) is 4.21. The third-order valence-corrected chi connectivity index (χ3v) is 7.14. The van der Waals surface area contributed by atoms with Gasteiger partial charge >= 0.3 is 5.97 Å². The lowest BCUT2D eigenvalue weighted by Crippen LogP contribution is -2.39. The number of esters is 1. The Hall–Kier alpha value is -3.56. The van der Waals surface area contributed by atoms with Crippen LogP contribution >= 0.6 is 11.8 Å². The third-order valence-electron chi connectivity index (χ3n) is 6.26. The summed E-state index contributed by atoms with van der Waals surface area (Å²) in [6.07, 6.45) is 1.00. The van der Waals surface area contributed by atoms with Crippen LogP contribution in [-0.2, 0) is 19.1 Å². The van der Waals surface area contributed by atoms with Crippen molar-refractivity contribution in [3.05, 3.63) is 82.5 Å². The molecule has 4 rings (SSSR count). The van der Waals surface area contributed by atoms with E-state index in [0.29, 0.717) is 27.9 Å². The van der Waals surface area contributed by atoms with E-state index in [1.54, 1.807) is 7.11 Å². The number of fused-ring (bicyclic) bond motifs is 1. The van der Waals surface area contributed by atoms with Gasteiger partial charge < -0.3 is 24.4 Å². The number of carbonyl (C=O) groups excluding carboxylic acids is 2. The predicted octanol–water partition coefficient (Wildman–Crippen LogP) is 5.55. The van der Waals surface area contributed by atoms with E-state index in [1.165, 1.54) is 11.8 Å². The van der Waals surface area contributed by atoms with Gasteiger partial charge in [0.15, 0.2) is 5.17 Å². The minimum atomic E-state index is -0.547. The van der Waals surface area contributed by atoms with Gasteiger partial charge in [0.05, 0.1) is 30.3 Å². The minimum absolute atomic E-state index is 0.0720. The molecule has 1 N–H and O–H groups in total. The molecule has 2 atom stereocenters. The molecule has 0 saturated heterocycles. The molecule has 8 nitrogen and oxygen atoms in total. The van der Waals surface area contributed by atoms with Gasteiger partial charge in [-0.15, -0.1) is 0 Å². The van der Waals surface area contributed by atoms with Crippen LogP contribution in [0.3, 0.4) is 0 Å². The number of methoxy groups -OCH3 is 1. The first-order valence-electron chi connectivity index (χ1n) is 12.6. The van der Waals surface area contributed by atoms with Crippen molar-refractivity contribution < 1.29 is 23.8 Å². The highest BCUT2D eigenvalue weighted by Gasteiger charge is 2.41. The molecule has 0 radical (unpaired) electrons. The fourth-order valence-corrected chi connectivity index (χ4v) is 5.17. The van der Waals surface area contributed by atoms with Crippen molar-refractivity contribution in [1.82, 2.24) is 10.2 Å². The molecular formula is C29H33N3O5S. The molecule has 2 unspecified atom stereocenters. The van der Waals surface area contributed by atoms with Crippen molar-refractivity contribution in [3.8, 4) is 11.5 Å². The van der Waals surface area contributed by atoms with Crippen LogP contribution < -0.4 is 10.1 Å². The molecule has 2 heterocycles. The standard InChI is InChI=1S/C29H33N3O5S/c1-5-19(2)30-25(33)17-22-18-38-29-31-20(3)26(28(34)36-15-14-35-4)27(32(22)29)21-10-9-13-24(16-21)37-23-11-7-6-8-12-23/h6-13,16,18-19,27H,5,14-15,17H2,1-4H3,(H,30,33). The van der Waals surface area contributed by atoms with Gasteiger partial charge in [-0.05, 0) is 55.5 Å². The zero-order valence-electron chi connectivity index (χ0n) is 22.1. The van der Waals surface area contributed by atoms with E-state index < -0.39 is 12.0 Å². The van der Waals surface area contributed by atoms with E-state index in [4.69, 9.17) is 19.2 Å². The van der Waals surface area contributed by atoms with Crippen LogP contribution in [0.4, 0.5) is 0 Å². The lowest BCUT2D eigenvalue weighted by molar-refractivity contribution is -0.141. The van der Waals surface area contributed by atoms with E-state index in [9.17, 15) is 9.59 Å². The van der Waals surface area contributed by atoms with Gasteiger partial charge in [-0.25, -0.2) is 9.79 Å². The van der Waals surface area contributed by atoms with Gasteiger partial charge in [0.25, 0.3) is 0 Å². The van der Waals surface area contributed by atoms with Gasteiger partial charge in [0.2, 0.25) is 5.91 Å². The monoisotopic (exact) mass is 535 g/mol. The fraction of sp³-hybridized carbons (Fsp3) is 0.345. The summed E-state index contributed by atoms with van der Waals surface area (Å²) < 4.78 is 16.7. The Bertz CT molecular complexity index is 1260. The summed E-state index contributed by atoms with van der Waals surface area (Å²) in [7, 11) is 1.56. The van der Waals surface area contributed by atoms with Crippen LogP contribution in [0.5, 0.6) is 11.5 Å². The predicted molar refractivity (Wildman–Crippen MR) is 149 cm³/mol. The second-order valence-electron chi connectivity index (χ2n) is 9.06. The van der Waals surface area contributed by atoms with Crippen molar-refractivity contribution >= 4 is 28.8 Å². The maximum atomic E-state index is 13.4. The second kappa shape index (κ2) is 12.8. The molecule has 0 aromatic heterocycles. The molecular weight excluding hydrogens is 502 g/mol. The highest BCUT2D eigenvalue weighted by atomic mass is 32.2. The van der Waals surface area contributed by atoms with E-state index >= 15 is 0 Å². The Labute approximate surface area is 227 Å².